The van der Waals surface area contributed by atoms with E-state index in [0.717, 1.165) is 19.3 Å². The summed E-state index contributed by atoms with van der Waals surface area (Å²) in [5.41, 5.74) is 5.59. The minimum absolute atomic E-state index is 0.00839. The smallest absolute Gasteiger partial charge is 0.321 e. The van der Waals surface area contributed by atoms with E-state index < -0.39 is 35.4 Å². The number of cyclic esters (lactones) is 1. The zero-order chi connectivity index (χ0) is 20.0. The molecule has 1 aliphatic heterocycles. The number of carbonyl (C=O) groups is 2. The Labute approximate surface area is 164 Å². The maximum Gasteiger partial charge on any atom is 0.321 e. The number of esters is 1. The van der Waals surface area contributed by atoms with Crippen LogP contribution in [0.3, 0.4) is 0 Å². The van der Waals surface area contributed by atoms with Crippen molar-refractivity contribution in [3.05, 3.63) is 12.2 Å². The predicted octanol–water partition coefficient (Wildman–Crippen LogP) is 1.31. The number of aliphatic carboxylic acids is 1. The van der Waals surface area contributed by atoms with Crippen LogP contribution in [0.15, 0.2) is 12.2 Å². The largest absolute Gasteiger partial charge is 0.480 e. The number of carboxylic acids is 1. The van der Waals surface area contributed by atoms with Gasteiger partial charge in [0.1, 0.15) is 6.04 Å². The number of carboxylic acid groups (broad SMARTS) is 1. The quantitative estimate of drug-likeness (QED) is 0.410. The van der Waals surface area contributed by atoms with Crippen molar-refractivity contribution < 1.29 is 29.6 Å². The van der Waals surface area contributed by atoms with Gasteiger partial charge in [-0.15, -0.1) is 0 Å². The normalized spacial score (nSPS) is 37.9. The van der Waals surface area contributed by atoms with Gasteiger partial charge in [0.25, 0.3) is 0 Å². The summed E-state index contributed by atoms with van der Waals surface area (Å²) < 4.78 is 5.44. The summed E-state index contributed by atoms with van der Waals surface area (Å²) in [7, 11) is 0. The van der Waals surface area contributed by atoms with Crippen LogP contribution in [-0.4, -0.2) is 62.6 Å². The van der Waals surface area contributed by atoms with Gasteiger partial charge in [-0.3, -0.25) is 9.59 Å². The van der Waals surface area contributed by atoms with Gasteiger partial charge in [-0.2, -0.15) is 11.8 Å². The molecule has 0 radical (unpaired) electrons. The number of hydrogen-bond acceptors (Lipinski definition) is 7. The molecule has 0 aromatic heterocycles. The van der Waals surface area contributed by atoms with E-state index in [1.54, 1.807) is 0 Å². The third-order valence-corrected chi connectivity index (χ3v) is 6.76. The summed E-state index contributed by atoms with van der Waals surface area (Å²) in [6, 6.07) is -1.06. The van der Waals surface area contributed by atoms with E-state index in [9.17, 15) is 19.8 Å². The first kappa shape index (κ1) is 22.2. The van der Waals surface area contributed by atoms with Gasteiger partial charge in [-0.1, -0.05) is 12.2 Å². The van der Waals surface area contributed by atoms with Crippen molar-refractivity contribution in [2.45, 2.75) is 75.1 Å². The first-order valence-corrected chi connectivity index (χ1v) is 10.6. The topological polar surface area (TPSA) is 130 Å². The summed E-state index contributed by atoms with van der Waals surface area (Å²) in [5.74, 6) is -1.56. The first-order valence-electron chi connectivity index (χ1n) is 9.60. The molecule has 2 rings (SSSR count). The summed E-state index contributed by atoms with van der Waals surface area (Å²) >= 11 is 1.19. The molecule has 7 atom stereocenters. The number of thioether (sulfide) groups is 1. The van der Waals surface area contributed by atoms with Gasteiger partial charge in [0.2, 0.25) is 0 Å². The maximum absolute atomic E-state index is 12.3. The minimum atomic E-state index is -1.12. The molecular formula is C19H31NO6S. The molecule has 0 spiro atoms. The Bertz CT molecular complexity index is 542. The molecule has 0 saturated heterocycles. The number of nitrogens with two attached hydrogens (primary N) is 1. The number of aliphatic hydroxyl groups is 2. The van der Waals surface area contributed by atoms with E-state index in [-0.39, 0.29) is 30.1 Å². The van der Waals surface area contributed by atoms with Crippen molar-refractivity contribution in [2.24, 2.45) is 17.6 Å². The van der Waals surface area contributed by atoms with E-state index in [2.05, 4.69) is 12.2 Å². The third-order valence-electron chi connectivity index (χ3n) is 5.33. The molecule has 1 heterocycles. The van der Waals surface area contributed by atoms with Gasteiger partial charge < -0.3 is 25.8 Å². The molecule has 1 fully saturated rings. The molecule has 0 aromatic carbocycles. The SMILES string of the molecule is C[C@H]1CCC/C=C/[C@@H]2C[C@H](O)C[C@H]2[C@H](O)[C@H](SCC(N)C(=O)O)CC(=O)O1. The Kier molecular flexibility index (Phi) is 8.60. The fourth-order valence-electron chi connectivity index (χ4n) is 3.83. The van der Waals surface area contributed by atoms with Crippen molar-refractivity contribution in [3.63, 3.8) is 0 Å². The number of aliphatic hydroxyl groups excluding tert-OH is 2. The molecule has 2 aliphatic rings. The lowest BCUT2D eigenvalue weighted by molar-refractivity contribution is -0.149. The lowest BCUT2D eigenvalue weighted by Gasteiger charge is -2.30. The zero-order valence-electron chi connectivity index (χ0n) is 15.7. The van der Waals surface area contributed by atoms with Crippen molar-refractivity contribution in [2.75, 3.05) is 5.75 Å². The molecular weight excluding hydrogens is 370 g/mol. The summed E-state index contributed by atoms with van der Waals surface area (Å²) in [6.07, 6.45) is 6.19. The predicted molar refractivity (Wildman–Crippen MR) is 103 cm³/mol. The summed E-state index contributed by atoms with van der Waals surface area (Å²) in [6.45, 7) is 1.85. The minimum Gasteiger partial charge on any atom is -0.480 e. The monoisotopic (exact) mass is 401 g/mol. The van der Waals surface area contributed by atoms with Crippen LogP contribution in [0.5, 0.6) is 0 Å². The molecule has 5 N–H and O–H groups in total. The highest BCUT2D eigenvalue weighted by atomic mass is 32.2. The summed E-state index contributed by atoms with van der Waals surface area (Å²) in [4.78, 5) is 23.3. The van der Waals surface area contributed by atoms with E-state index in [1.807, 2.05) is 6.92 Å². The van der Waals surface area contributed by atoms with Crippen LogP contribution in [0.4, 0.5) is 0 Å². The standard InChI is InChI=1S/C19H31NO6S/c1-11-5-3-2-4-6-12-7-13(21)8-14(12)18(23)16(9-17(22)26-11)27-10-15(20)19(24)25/h4,6,11-16,18,21,23H,2-3,5,7-10,20H2,1H3,(H,24,25)/b6-4+/t11-,12+,13-,14+,15?,16+,18-/m0/s1. The molecule has 7 nitrogen and oxygen atoms in total. The van der Waals surface area contributed by atoms with Gasteiger partial charge in [0.15, 0.2) is 0 Å². The van der Waals surface area contributed by atoms with Crippen LogP contribution in [-0.2, 0) is 14.3 Å². The van der Waals surface area contributed by atoms with Gasteiger partial charge in [0, 0.05) is 11.0 Å². The fraction of sp³-hybridized carbons (Fsp3) is 0.789. The van der Waals surface area contributed by atoms with Crippen LogP contribution in [0.1, 0.15) is 45.4 Å². The van der Waals surface area contributed by atoms with Crippen LogP contribution >= 0.6 is 11.8 Å². The van der Waals surface area contributed by atoms with Crippen LogP contribution in [0.25, 0.3) is 0 Å². The number of allylic oxidation sites excluding steroid dienone is 2. The Hall–Kier alpha value is -1.09. The second kappa shape index (κ2) is 10.5. The fourth-order valence-corrected chi connectivity index (χ4v) is 5.08. The van der Waals surface area contributed by atoms with Crippen molar-refractivity contribution in [1.82, 2.24) is 0 Å². The lowest BCUT2D eigenvalue weighted by atomic mass is 9.87. The average molecular weight is 402 g/mol. The molecule has 8 heteroatoms. The Morgan fingerprint density at radius 2 is 2.15 bits per heavy atom. The molecule has 1 unspecified atom stereocenters. The number of ether oxygens (including phenoxy) is 1. The van der Waals surface area contributed by atoms with Crippen LogP contribution < -0.4 is 5.73 Å². The van der Waals surface area contributed by atoms with E-state index in [0.29, 0.717) is 12.8 Å². The van der Waals surface area contributed by atoms with E-state index in [1.165, 1.54) is 11.8 Å². The first-order chi connectivity index (χ1) is 12.8. The van der Waals surface area contributed by atoms with Gasteiger partial charge in [-0.05, 0) is 50.9 Å². The van der Waals surface area contributed by atoms with E-state index in [4.69, 9.17) is 15.6 Å². The zero-order valence-corrected chi connectivity index (χ0v) is 16.5. The number of fused-ring (bicyclic) bond motifs is 1. The average Bonchev–Trinajstić information content (AvgIpc) is 2.97. The maximum atomic E-state index is 12.3. The Morgan fingerprint density at radius 3 is 2.85 bits per heavy atom. The highest BCUT2D eigenvalue weighted by Gasteiger charge is 2.40. The molecule has 27 heavy (non-hydrogen) atoms. The second-order valence-electron chi connectivity index (χ2n) is 7.62. The summed E-state index contributed by atoms with van der Waals surface area (Å²) in [5, 5.41) is 29.5. The molecule has 1 aliphatic carbocycles. The van der Waals surface area contributed by atoms with E-state index >= 15 is 0 Å². The van der Waals surface area contributed by atoms with Crippen LogP contribution in [0, 0.1) is 11.8 Å². The molecule has 0 aromatic rings. The van der Waals surface area contributed by atoms with Gasteiger partial charge in [-0.25, -0.2) is 0 Å². The van der Waals surface area contributed by atoms with Gasteiger partial charge >= 0.3 is 11.9 Å². The van der Waals surface area contributed by atoms with Crippen molar-refractivity contribution >= 4 is 23.7 Å². The molecule has 1 saturated carbocycles. The van der Waals surface area contributed by atoms with Crippen LogP contribution in [0.2, 0.25) is 0 Å². The Morgan fingerprint density at radius 1 is 1.41 bits per heavy atom. The highest BCUT2D eigenvalue weighted by Crippen LogP contribution is 2.39. The van der Waals surface area contributed by atoms with Gasteiger partial charge in [0.05, 0.1) is 24.7 Å². The van der Waals surface area contributed by atoms with Crippen molar-refractivity contribution in [3.8, 4) is 0 Å². The Balaban J connectivity index is 2.17. The molecule has 0 amide bonds. The number of carbonyl (C=O) groups excluding carboxylic acids is 1. The molecule has 154 valence electrons. The second-order valence-corrected chi connectivity index (χ2v) is 8.90. The molecule has 0 bridgehead atoms. The lowest BCUT2D eigenvalue weighted by Crippen LogP contribution is -2.38. The van der Waals surface area contributed by atoms with Crippen molar-refractivity contribution in [1.29, 1.82) is 0 Å². The third kappa shape index (κ3) is 6.78. The number of hydrogen-bond donors (Lipinski definition) is 4. The number of rotatable bonds is 4. The highest BCUT2D eigenvalue weighted by molar-refractivity contribution is 8.00.